The van der Waals surface area contributed by atoms with E-state index in [1.165, 1.54) is 22.3 Å². The van der Waals surface area contributed by atoms with E-state index in [2.05, 4.69) is 72.2 Å². The van der Waals surface area contributed by atoms with Crippen molar-refractivity contribution >= 4 is 15.9 Å². The van der Waals surface area contributed by atoms with Crippen LogP contribution in [-0.4, -0.2) is 0 Å². The molecule has 0 spiro atoms. The predicted molar refractivity (Wildman–Crippen MR) is 73.1 cm³/mol. The highest BCUT2D eigenvalue weighted by Crippen LogP contribution is 2.33. The Morgan fingerprint density at radius 2 is 1.56 bits per heavy atom. The maximum Gasteiger partial charge on any atom is 0.0647 e. The number of rotatable bonds is 2. The fraction of sp³-hybridized carbons (Fsp3) is 0.200. The van der Waals surface area contributed by atoms with Gasteiger partial charge in [0.1, 0.15) is 0 Å². The molecule has 2 aromatic carbocycles. The van der Waals surface area contributed by atoms with E-state index in [0.29, 0.717) is 0 Å². The fourth-order valence-corrected chi connectivity index (χ4v) is 2.65. The first-order chi connectivity index (χ1) is 7.70. The summed E-state index contributed by atoms with van der Waals surface area (Å²) < 4.78 is 0. The normalized spacial score (nSPS) is 12.4. The first kappa shape index (κ1) is 11.4. The Labute approximate surface area is 105 Å². The molecule has 0 bridgehead atoms. The van der Waals surface area contributed by atoms with Crippen LogP contribution < -0.4 is 0 Å². The minimum atomic E-state index is 0.286. The summed E-state index contributed by atoms with van der Waals surface area (Å²) in [6, 6.07) is 17.0. The highest BCUT2D eigenvalue weighted by molar-refractivity contribution is 9.09. The molecule has 2 aromatic rings. The lowest BCUT2D eigenvalue weighted by Gasteiger charge is -2.15. The van der Waals surface area contributed by atoms with Gasteiger partial charge in [-0.05, 0) is 36.1 Å². The van der Waals surface area contributed by atoms with E-state index in [4.69, 9.17) is 0 Å². The first-order valence-corrected chi connectivity index (χ1v) is 6.37. The quantitative estimate of drug-likeness (QED) is 0.691. The molecule has 0 saturated carbocycles. The topological polar surface area (TPSA) is 0 Å². The summed E-state index contributed by atoms with van der Waals surface area (Å²) in [6.07, 6.45) is 0. The van der Waals surface area contributed by atoms with Gasteiger partial charge in [-0.1, -0.05) is 64.5 Å². The van der Waals surface area contributed by atoms with Crippen molar-refractivity contribution in [1.29, 1.82) is 0 Å². The summed E-state index contributed by atoms with van der Waals surface area (Å²) in [5, 5.41) is 0. The van der Waals surface area contributed by atoms with Crippen LogP contribution in [0.25, 0.3) is 0 Å². The van der Waals surface area contributed by atoms with E-state index in [0.717, 1.165) is 0 Å². The van der Waals surface area contributed by atoms with Crippen LogP contribution in [0, 0.1) is 13.8 Å². The molecule has 2 rings (SSSR count). The molecule has 0 amide bonds. The smallest absolute Gasteiger partial charge is 0.0647 e. The van der Waals surface area contributed by atoms with Gasteiger partial charge in [-0.15, -0.1) is 0 Å². The third-order valence-corrected chi connectivity index (χ3v) is 4.03. The van der Waals surface area contributed by atoms with Gasteiger partial charge in [0.05, 0.1) is 4.83 Å². The lowest BCUT2D eigenvalue weighted by atomic mass is 9.97. The summed E-state index contributed by atoms with van der Waals surface area (Å²) in [4.78, 5) is 0.286. The molecular formula is C15H15Br. The van der Waals surface area contributed by atoms with Crippen LogP contribution in [0.1, 0.15) is 27.1 Å². The third kappa shape index (κ3) is 2.19. The molecule has 0 saturated heterocycles. The van der Waals surface area contributed by atoms with Crippen molar-refractivity contribution in [3.8, 4) is 0 Å². The molecule has 0 N–H and O–H groups in total. The predicted octanol–water partition coefficient (Wildman–Crippen LogP) is 4.79. The second-order valence-electron chi connectivity index (χ2n) is 4.06. The van der Waals surface area contributed by atoms with Crippen molar-refractivity contribution in [2.45, 2.75) is 18.7 Å². The van der Waals surface area contributed by atoms with Gasteiger partial charge in [-0.2, -0.15) is 0 Å². The average molecular weight is 275 g/mol. The van der Waals surface area contributed by atoms with Crippen molar-refractivity contribution < 1.29 is 0 Å². The van der Waals surface area contributed by atoms with Crippen LogP contribution in [0.5, 0.6) is 0 Å². The first-order valence-electron chi connectivity index (χ1n) is 5.45. The van der Waals surface area contributed by atoms with Crippen molar-refractivity contribution in [2.24, 2.45) is 0 Å². The van der Waals surface area contributed by atoms with Gasteiger partial charge in [0.25, 0.3) is 0 Å². The third-order valence-electron chi connectivity index (χ3n) is 3.01. The molecule has 1 heteroatoms. The zero-order chi connectivity index (χ0) is 11.5. The average Bonchev–Trinajstić information content (AvgIpc) is 2.33. The highest BCUT2D eigenvalue weighted by atomic mass is 79.9. The van der Waals surface area contributed by atoms with Crippen LogP contribution in [0.4, 0.5) is 0 Å². The second kappa shape index (κ2) is 4.84. The Bertz CT molecular complexity index is 474. The van der Waals surface area contributed by atoms with E-state index in [9.17, 15) is 0 Å². The lowest BCUT2D eigenvalue weighted by molar-refractivity contribution is 1.13. The molecular weight excluding hydrogens is 260 g/mol. The number of hydrogen-bond acceptors (Lipinski definition) is 0. The van der Waals surface area contributed by atoms with E-state index in [1.54, 1.807) is 0 Å². The Morgan fingerprint density at radius 1 is 0.875 bits per heavy atom. The molecule has 0 nitrogen and oxygen atoms in total. The minimum absolute atomic E-state index is 0.286. The van der Waals surface area contributed by atoms with E-state index >= 15 is 0 Å². The van der Waals surface area contributed by atoms with Crippen LogP contribution in [0.2, 0.25) is 0 Å². The molecule has 0 fully saturated rings. The van der Waals surface area contributed by atoms with Gasteiger partial charge in [-0.3, -0.25) is 0 Å². The van der Waals surface area contributed by atoms with Crippen LogP contribution in [0.3, 0.4) is 0 Å². The maximum absolute atomic E-state index is 3.78. The van der Waals surface area contributed by atoms with Gasteiger partial charge in [0, 0.05) is 0 Å². The molecule has 1 unspecified atom stereocenters. The summed E-state index contributed by atoms with van der Waals surface area (Å²) in [5.74, 6) is 0. The molecule has 0 aliphatic rings. The molecule has 82 valence electrons. The largest absolute Gasteiger partial charge is 0.0786 e. The second-order valence-corrected chi connectivity index (χ2v) is 4.98. The number of aryl methyl sites for hydroxylation is 1. The van der Waals surface area contributed by atoms with E-state index < -0.39 is 0 Å². The molecule has 16 heavy (non-hydrogen) atoms. The number of hydrogen-bond donors (Lipinski definition) is 0. The fourth-order valence-electron chi connectivity index (χ4n) is 1.85. The Morgan fingerprint density at radius 3 is 2.25 bits per heavy atom. The molecule has 0 aliphatic carbocycles. The summed E-state index contributed by atoms with van der Waals surface area (Å²) in [5.41, 5.74) is 5.37. The minimum Gasteiger partial charge on any atom is -0.0786 e. The Hall–Kier alpha value is -1.08. The summed E-state index contributed by atoms with van der Waals surface area (Å²) >= 11 is 3.78. The van der Waals surface area contributed by atoms with Gasteiger partial charge < -0.3 is 0 Å². The van der Waals surface area contributed by atoms with Gasteiger partial charge in [-0.25, -0.2) is 0 Å². The lowest BCUT2D eigenvalue weighted by Crippen LogP contribution is -1.97. The Kier molecular flexibility index (Phi) is 3.45. The van der Waals surface area contributed by atoms with Crippen molar-refractivity contribution in [3.05, 3.63) is 70.8 Å². The summed E-state index contributed by atoms with van der Waals surface area (Å²) in [7, 11) is 0. The summed E-state index contributed by atoms with van der Waals surface area (Å²) in [6.45, 7) is 4.34. The Balaban J connectivity index is 2.42. The van der Waals surface area contributed by atoms with Crippen molar-refractivity contribution in [2.75, 3.05) is 0 Å². The van der Waals surface area contributed by atoms with Gasteiger partial charge in [0.15, 0.2) is 0 Å². The number of benzene rings is 2. The molecule has 0 radical (unpaired) electrons. The molecule has 1 atom stereocenters. The molecule has 0 heterocycles. The van der Waals surface area contributed by atoms with Gasteiger partial charge in [0.2, 0.25) is 0 Å². The van der Waals surface area contributed by atoms with Crippen LogP contribution in [-0.2, 0) is 0 Å². The van der Waals surface area contributed by atoms with E-state index in [-0.39, 0.29) is 4.83 Å². The van der Waals surface area contributed by atoms with E-state index in [1.807, 2.05) is 6.07 Å². The number of halogens is 1. The van der Waals surface area contributed by atoms with Crippen molar-refractivity contribution in [1.82, 2.24) is 0 Å². The number of alkyl halides is 1. The van der Waals surface area contributed by atoms with Crippen molar-refractivity contribution in [3.63, 3.8) is 0 Å². The van der Waals surface area contributed by atoms with Crippen LogP contribution in [0.15, 0.2) is 48.5 Å². The maximum atomic E-state index is 3.78. The SMILES string of the molecule is Cc1cccc(C(Br)c2ccccc2)c1C. The molecule has 0 aliphatic heterocycles. The van der Waals surface area contributed by atoms with Crippen LogP contribution >= 0.6 is 15.9 Å². The zero-order valence-corrected chi connectivity index (χ0v) is 11.2. The highest BCUT2D eigenvalue weighted by Gasteiger charge is 2.12. The standard InChI is InChI=1S/C15H15Br/c1-11-7-6-10-14(12(11)2)15(16)13-8-4-3-5-9-13/h3-10,15H,1-2H3. The van der Waals surface area contributed by atoms with Gasteiger partial charge >= 0.3 is 0 Å². The zero-order valence-electron chi connectivity index (χ0n) is 9.57. The monoisotopic (exact) mass is 274 g/mol. The molecule has 0 aromatic heterocycles.